The van der Waals surface area contributed by atoms with E-state index in [2.05, 4.69) is 27.0 Å². The number of alkyl halides is 1. The van der Waals surface area contributed by atoms with Crippen LogP contribution in [0, 0.1) is 6.92 Å². The third-order valence-electron chi connectivity index (χ3n) is 2.57. The van der Waals surface area contributed by atoms with E-state index in [9.17, 15) is 4.79 Å². The summed E-state index contributed by atoms with van der Waals surface area (Å²) in [6.07, 6.45) is 5.13. The lowest BCUT2D eigenvalue weighted by Gasteiger charge is -2.01. The molecular formula is C14H14BrNO. The van der Waals surface area contributed by atoms with Crippen molar-refractivity contribution in [2.75, 3.05) is 5.33 Å². The van der Waals surface area contributed by atoms with Crippen LogP contribution in [-0.4, -0.2) is 10.3 Å². The smallest absolute Gasteiger partial charge is 0.189 e. The van der Waals surface area contributed by atoms with Gasteiger partial charge in [0.05, 0.1) is 0 Å². The quantitative estimate of drug-likeness (QED) is 0.861. The number of aryl methyl sites for hydroxylation is 1. The number of aromatic nitrogens is 1. The Morgan fingerprint density at radius 3 is 2.94 bits per heavy atom. The van der Waals surface area contributed by atoms with Gasteiger partial charge in [0.15, 0.2) is 5.43 Å². The molecule has 0 aliphatic rings. The Labute approximate surface area is 108 Å². The monoisotopic (exact) mass is 291 g/mol. The van der Waals surface area contributed by atoms with Crippen LogP contribution in [-0.2, 0) is 0 Å². The number of pyridine rings is 1. The second-order valence-electron chi connectivity index (χ2n) is 4.00. The number of nitrogens with one attached hydrogen (secondary N) is 1. The number of benzene rings is 1. The maximum atomic E-state index is 11.8. The summed E-state index contributed by atoms with van der Waals surface area (Å²) in [5.74, 6) is 0. The minimum absolute atomic E-state index is 0.0759. The lowest BCUT2D eigenvalue weighted by atomic mass is 10.1. The fraction of sp³-hybridized carbons (Fsp3) is 0.214. The zero-order chi connectivity index (χ0) is 12.3. The molecule has 0 aliphatic carbocycles. The fourth-order valence-electron chi connectivity index (χ4n) is 1.78. The molecule has 0 saturated heterocycles. The van der Waals surface area contributed by atoms with Crippen LogP contribution in [0.2, 0.25) is 0 Å². The van der Waals surface area contributed by atoms with Gasteiger partial charge < -0.3 is 4.98 Å². The number of allylic oxidation sites excluding steroid dienone is 1. The molecule has 1 N–H and O–H groups in total. The Hall–Kier alpha value is -1.35. The molecule has 3 heteroatoms. The van der Waals surface area contributed by atoms with E-state index < -0.39 is 0 Å². The summed E-state index contributed by atoms with van der Waals surface area (Å²) in [4.78, 5) is 15.0. The number of halogens is 1. The van der Waals surface area contributed by atoms with Gasteiger partial charge in [-0.2, -0.15) is 0 Å². The number of H-pyrrole nitrogens is 1. The molecule has 1 heterocycles. The molecule has 17 heavy (non-hydrogen) atoms. The average molecular weight is 292 g/mol. The number of rotatable bonds is 3. The van der Waals surface area contributed by atoms with Crippen LogP contribution in [0.1, 0.15) is 17.7 Å². The van der Waals surface area contributed by atoms with Gasteiger partial charge in [0, 0.05) is 28.0 Å². The van der Waals surface area contributed by atoms with Crippen LogP contribution in [0.4, 0.5) is 0 Å². The average Bonchev–Trinajstić information content (AvgIpc) is 2.30. The first kappa shape index (κ1) is 12.1. The van der Waals surface area contributed by atoms with Gasteiger partial charge in [0.1, 0.15) is 0 Å². The molecule has 0 saturated carbocycles. The summed E-state index contributed by atoms with van der Waals surface area (Å²) in [6.45, 7) is 1.89. The predicted molar refractivity (Wildman–Crippen MR) is 76.8 cm³/mol. The molecule has 0 bridgehead atoms. The molecule has 88 valence electrons. The summed E-state index contributed by atoms with van der Waals surface area (Å²) in [6, 6.07) is 7.53. The molecular weight excluding hydrogens is 278 g/mol. The van der Waals surface area contributed by atoms with Gasteiger partial charge in [0.2, 0.25) is 0 Å². The normalized spacial score (nSPS) is 11.4. The summed E-state index contributed by atoms with van der Waals surface area (Å²) in [5.41, 5.74) is 2.93. The molecule has 0 aliphatic heterocycles. The van der Waals surface area contributed by atoms with Gasteiger partial charge in [0.25, 0.3) is 0 Å². The van der Waals surface area contributed by atoms with Crippen LogP contribution in [0.3, 0.4) is 0 Å². The lowest BCUT2D eigenvalue weighted by Crippen LogP contribution is -2.02. The zero-order valence-corrected chi connectivity index (χ0v) is 11.3. The van der Waals surface area contributed by atoms with E-state index in [-0.39, 0.29) is 5.43 Å². The van der Waals surface area contributed by atoms with Crippen molar-refractivity contribution in [3.8, 4) is 0 Å². The summed E-state index contributed by atoms with van der Waals surface area (Å²) < 4.78 is 0. The van der Waals surface area contributed by atoms with Gasteiger partial charge in [-0.3, -0.25) is 4.79 Å². The highest BCUT2D eigenvalue weighted by Crippen LogP contribution is 2.12. The first-order valence-electron chi connectivity index (χ1n) is 5.57. The fourth-order valence-corrected chi connectivity index (χ4v) is 2.05. The number of aromatic amines is 1. The van der Waals surface area contributed by atoms with Gasteiger partial charge >= 0.3 is 0 Å². The first-order valence-corrected chi connectivity index (χ1v) is 6.69. The third kappa shape index (κ3) is 2.86. The maximum Gasteiger partial charge on any atom is 0.189 e. The maximum absolute atomic E-state index is 11.8. The van der Waals surface area contributed by atoms with Crippen molar-refractivity contribution in [2.24, 2.45) is 0 Å². The highest BCUT2D eigenvalue weighted by Gasteiger charge is 2.00. The number of hydrogen-bond donors (Lipinski definition) is 1. The largest absolute Gasteiger partial charge is 0.358 e. The summed E-state index contributed by atoms with van der Waals surface area (Å²) >= 11 is 3.38. The van der Waals surface area contributed by atoms with Gasteiger partial charge in [-0.1, -0.05) is 34.1 Å². The molecule has 0 amide bonds. The second kappa shape index (κ2) is 5.32. The van der Waals surface area contributed by atoms with Crippen LogP contribution >= 0.6 is 15.9 Å². The van der Waals surface area contributed by atoms with E-state index in [1.54, 1.807) is 6.07 Å². The topological polar surface area (TPSA) is 32.9 Å². The molecule has 0 atom stereocenters. The molecule has 0 fully saturated rings. The minimum atomic E-state index is 0.0759. The van der Waals surface area contributed by atoms with Gasteiger partial charge in [-0.05, 0) is 31.0 Å². The highest BCUT2D eigenvalue weighted by molar-refractivity contribution is 9.09. The molecule has 0 spiro atoms. The van der Waals surface area contributed by atoms with E-state index >= 15 is 0 Å². The van der Waals surface area contributed by atoms with Crippen molar-refractivity contribution in [1.82, 2.24) is 4.98 Å². The van der Waals surface area contributed by atoms with Crippen LogP contribution < -0.4 is 5.43 Å². The van der Waals surface area contributed by atoms with E-state index in [0.29, 0.717) is 0 Å². The lowest BCUT2D eigenvalue weighted by molar-refractivity contribution is 1.24. The molecule has 1 aromatic carbocycles. The Kier molecular flexibility index (Phi) is 3.79. The number of fused-ring (bicyclic) bond motifs is 1. The Morgan fingerprint density at radius 1 is 1.35 bits per heavy atom. The number of hydrogen-bond acceptors (Lipinski definition) is 1. The SMILES string of the molecule is Cc1cc(=O)c2cc(C=CCCBr)ccc2[nH]1. The van der Waals surface area contributed by atoms with E-state index in [1.165, 1.54) is 0 Å². The van der Waals surface area contributed by atoms with E-state index in [0.717, 1.165) is 33.9 Å². The Balaban J connectivity index is 2.47. The molecule has 2 nitrogen and oxygen atoms in total. The van der Waals surface area contributed by atoms with E-state index in [4.69, 9.17) is 0 Å². The van der Waals surface area contributed by atoms with Gasteiger partial charge in [-0.15, -0.1) is 0 Å². The molecule has 2 rings (SSSR count). The predicted octanol–water partition coefficient (Wildman–Crippen LogP) is 3.63. The summed E-state index contributed by atoms with van der Waals surface area (Å²) in [5, 5.41) is 1.70. The molecule has 0 radical (unpaired) electrons. The van der Waals surface area contributed by atoms with Crippen molar-refractivity contribution < 1.29 is 0 Å². The Morgan fingerprint density at radius 2 is 2.18 bits per heavy atom. The van der Waals surface area contributed by atoms with Gasteiger partial charge in [-0.25, -0.2) is 0 Å². The standard InChI is InChI=1S/C14H14BrNO/c1-10-8-14(17)12-9-11(4-2-3-7-15)5-6-13(12)16-10/h2,4-6,8-9H,3,7H2,1H3,(H,16,17). The highest BCUT2D eigenvalue weighted by atomic mass is 79.9. The van der Waals surface area contributed by atoms with E-state index in [1.807, 2.05) is 31.2 Å². The van der Waals surface area contributed by atoms with Crippen molar-refractivity contribution >= 4 is 32.9 Å². The molecule has 2 aromatic rings. The van der Waals surface area contributed by atoms with Crippen LogP contribution in [0.15, 0.2) is 35.1 Å². The van der Waals surface area contributed by atoms with Crippen molar-refractivity contribution in [1.29, 1.82) is 0 Å². The molecule has 1 aromatic heterocycles. The molecule has 0 unspecified atom stereocenters. The van der Waals surface area contributed by atoms with Crippen molar-refractivity contribution in [3.63, 3.8) is 0 Å². The first-order chi connectivity index (χ1) is 8.20. The van der Waals surface area contributed by atoms with Crippen LogP contribution in [0.5, 0.6) is 0 Å². The van der Waals surface area contributed by atoms with Crippen molar-refractivity contribution in [3.05, 3.63) is 51.8 Å². The summed E-state index contributed by atoms with van der Waals surface area (Å²) in [7, 11) is 0. The Bertz CT molecular complexity index is 613. The minimum Gasteiger partial charge on any atom is -0.358 e. The zero-order valence-electron chi connectivity index (χ0n) is 9.66. The third-order valence-corrected chi connectivity index (χ3v) is 3.03. The second-order valence-corrected chi connectivity index (χ2v) is 4.79. The van der Waals surface area contributed by atoms with Crippen LogP contribution in [0.25, 0.3) is 17.0 Å². The van der Waals surface area contributed by atoms with Crippen molar-refractivity contribution in [2.45, 2.75) is 13.3 Å².